The highest BCUT2D eigenvalue weighted by atomic mass is 15.3. The molecule has 0 amide bonds. The van der Waals surface area contributed by atoms with Crippen molar-refractivity contribution in [2.24, 2.45) is 5.92 Å². The van der Waals surface area contributed by atoms with Crippen molar-refractivity contribution in [1.29, 1.82) is 0 Å². The van der Waals surface area contributed by atoms with Crippen LogP contribution < -0.4 is 5.32 Å². The highest BCUT2D eigenvalue weighted by molar-refractivity contribution is 5.12. The van der Waals surface area contributed by atoms with E-state index in [4.69, 9.17) is 0 Å². The maximum absolute atomic E-state index is 4.39. The van der Waals surface area contributed by atoms with Gasteiger partial charge in [-0.3, -0.25) is 4.68 Å². The third-order valence-corrected chi connectivity index (χ3v) is 3.23. The molecule has 2 unspecified atom stereocenters. The zero-order chi connectivity index (χ0) is 10.7. The summed E-state index contributed by atoms with van der Waals surface area (Å²) in [4.78, 5) is 0. The first-order chi connectivity index (χ1) is 7.31. The minimum atomic E-state index is 0.518. The Hall–Kier alpha value is -0.830. The number of piperidine rings is 1. The third kappa shape index (κ3) is 2.40. The Morgan fingerprint density at radius 1 is 1.60 bits per heavy atom. The van der Waals surface area contributed by atoms with Crippen LogP contribution in [0.1, 0.15) is 44.7 Å². The molecular formula is C12H21N3. The quantitative estimate of drug-likeness (QED) is 0.824. The van der Waals surface area contributed by atoms with Gasteiger partial charge >= 0.3 is 0 Å². The lowest BCUT2D eigenvalue weighted by atomic mass is 9.89. The molecule has 0 aromatic carbocycles. The Bertz CT molecular complexity index is 306. The van der Waals surface area contributed by atoms with Gasteiger partial charge in [-0.05, 0) is 31.7 Å². The van der Waals surface area contributed by atoms with E-state index in [9.17, 15) is 0 Å². The molecule has 0 spiro atoms. The average Bonchev–Trinajstić information content (AvgIpc) is 2.68. The van der Waals surface area contributed by atoms with Gasteiger partial charge in [-0.15, -0.1) is 0 Å². The van der Waals surface area contributed by atoms with Gasteiger partial charge in [-0.25, -0.2) is 0 Å². The lowest BCUT2D eigenvalue weighted by Gasteiger charge is -2.29. The summed E-state index contributed by atoms with van der Waals surface area (Å²) in [5.41, 5.74) is 1.36. The van der Waals surface area contributed by atoms with E-state index in [2.05, 4.69) is 35.1 Å². The highest BCUT2D eigenvalue weighted by Crippen LogP contribution is 2.28. The smallest absolute Gasteiger partial charge is 0.0537 e. The van der Waals surface area contributed by atoms with E-state index in [1.54, 1.807) is 0 Å². The molecule has 1 saturated heterocycles. The molecule has 1 aromatic rings. The molecule has 15 heavy (non-hydrogen) atoms. The zero-order valence-electron chi connectivity index (χ0n) is 9.74. The van der Waals surface area contributed by atoms with Crippen LogP contribution in [0.4, 0.5) is 0 Å². The van der Waals surface area contributed by atoms with Crippen LogP contribution in [0.25, 0.3) is 0 Å². The molecule has 1 N–H and O–H groups in total. The first kappa shape index (κ1) is 10.7. The Morgan fingerprint density at radius 3 is 3.20 bits per heavy atom. The zero-order valence-corrected chi connectivity index (χ0v) is 9.74. The first-order valence-corrected chi connectivity index (χ1v) is 6.07. The third-order valence-electron chi connectivity index (χ3n) is 3.23. The lowest BCUT2D eigenvalue weighted by Crippen LogP contribution is -2.32. The first-order valence-electron chi connectivity index (χ1n) is 6.07. The second-order valence-electron chi connectivity index (χ2n) is 4.59. The number of nitrogens with one attached hydrogen (secondary N) is 1. The number of nitrogens with zero attached hydrogens (tertiary/aromatic N) is 2. The summed E-state index contributed by atoms with van der Waals surface area (Å²) in [7, 11) is 0. The predicted molar refractivity (Wildman–Crippen MR) is 61.7 cm³/mol. The standard InChI is InChI=1S/C12H21N3/c1-3-7-15-9-11(8-14-15)12-10(2)5-4-6-13-12/h8-10,12-13H,3-7H2,1-2H3. The summed E-state index contributed by atoms with van der Waals surface area (Å²) in [6.07, 6.45) is 8.00. The van der Waals surface area contributed by atoms with Crippen LogP contribution in [0.3, 0.4) is 0 Å². The van der Waals surface area contributed by atoms with E-state index in [0.29, 0.717) is 6.04 Å². The molecule has 1 aliphatic rings. The number of aryl methyl sites for hydroxylation is 1. The van der Waals surface area contributed by atoms with Crippen molar-refractivity contribution in [1.82, 2.24) is 15.1 Å². The number of rotatable bonds is 3. The molecule has 2 atom stereocenters. The molecule has 3 nitrogen and oxygen atoms in total. The maximum atomic E-state index is 4.39. The van der Waals surface area contributed by atoms with Gasteiger partial charge in [0, 0.05) is 24.3 Å². The number of hydrogen-bond acceptors (Lipinski definition) is 2. The van der Waals surface area contributed by atoms with Gasteiger partial charge in [0.25, 0.3) is 0 Å². The van der Waals surface area contributed by atoms with E-state index in [0.717, 1.165) is 25.4 Å². The summed E-state index contributed by atoms with van der Waals surface area (Å²) < 4.78 is 2.05. The molecular weight excluding hydrogens is 186 g/mol. The minimum absolute atomic E-state index is 0.518. The summed E-state index contributed by atoms with van der Waals surface area (Å²) in [5, 5.41) is 7.98. The minimum Gasteiger partial charge on any atom is -0.310 e. The fourth-order valence-electron chi connectivity index (χ4n) is 2.39. The largest absolute Gasteiger partial charge is 0.310 e. The predicted octanol–water partition coefficient (Wildman–Crippen LogP) is 2.35. The van der Waals surface area contributed by atoms with Crippen LogP contribution >= 0.6 is 0 Å². The molecule has 1 fully saturated rings. The van der Waals surface area contributed by atoms with Gasteiger partial charge in [0.1, 0.15) is 0 Å². The van der Waals surface area contributed by atoms with Crippen molar-refractivity contribution in [3.05, 3.63) is 18.0 Å². The van der Waals surface area contributed by atoms with Gasteiger partial charge in [0.05, 0.1) is 6.20 Å². The molecule has 1 aromatic heterocycles. The average molecular weight is 207 g/mol. The van der Waals surface area contributed by atoms with Crippen LogP contribution in [-0.4, -0.2) is 16.3 Å². The molecule has 84 valence electrons. The molecule has 0 saturated carbocycles. The second kappa shape index (κ2) is 4.79. The van der Waals surface area contributed by atoms with Crippen molar-refractivity contribution in [3.8, 4) is 0 Å². The van der Waals surface area contributed by atoms with Gasteiger partial charge < -0.3 is 5.32 Å². The van der Waals surface area contributed by atoms with Crippen LogP contribution in [-0.2, 0) is 6.54 Å². The van der Waals surface area contributed by atoms with Crippen LogP contribution in [0.15, 0.2) is 12.4 Å². The van der Waals surface area contributed by atoms with Crippen molar-refractivity contribution < 1.29 is 0 Å². The molecule has 3 heteroatoms. The number of aromatic nitrogens is 2. The van der Waals surface area contributed by atoms with Crippen molar-refractivity contribution >= 4 is 0 Å². The van der Waals surface area contributed by atoms with Crippen LogP contribution in [0, 0.1) is 5.92 Å². The Kier molecular flexibility index (Phi) is 3.41. The molecule has 2 heterocycles. The topological polar surface area (TPSA) is 29.9 Å². The van der Waals surface area contributed by atoms with Gasteiger partial charge in [0.2, 0.25) is 0 Å². The Morgan fingerprint density at radius 2 is 2.47 bits per heavy atom. The van der Waals surface area contributed by atoms with Crippen LogP contribution in [0.2, 0.25) is 0 Å². The van der Waals surface area contributed by atoms with Gasteiger partial charge in [-0.1, -0.05) is 13.8 Å². The summed E-state index contributed by atoms with van der Waals surface area (Å²) in [5.74, 6) is 0.734. The molecule has 1 aliphatic heterocycles. The fraction of sp³-hybridized carbons (Fsp3) is 0.750. The summed E-state index contributed by atoms with van der Waals surface area (Å²) >= 11 is 0. The Balaban J connectivity index is 2.06. The van der Waals surface area contributed by atoms with Gasteiger partial charge in [-0.2, -0.15) is 5.10 Å². The fourth-order valence-corrected chi connectivity index (χ4v) is 2.39. The SMILES string of the molecule is CCCn1cc(C2NCCCC2C)cn1. The molecule has 0 bridgehead atoms. The van der Waals surface area contributed by atoms with Crippen molar-refractivity contribution in [3.63, 3.8) is 0 Å². The van der Waals surface area contributed by atoms with E-state index in [1.807, 2.05) is 6.20 Å². The van der Waals surface area contributed by atoms with Crippen molar-refractivity contribution in [2.75, 3.05) is 6.54 Å². The second-order valence-corrected chi connectivity index (χ2v) is 4.59. The van der Waals surface area contributed by atoms with Crippen molar-refractivity contribution in [2.45, 2.75) is 45.7 Å². The van der Waals surface area contributed by atoms with E-state index in [1.165, 1.54) is 18.4 Å². The summed E-state index contributed by atoms with van der Waals surface area (Å²) in [6, 6.07) is 0.518. The molecule has 2 rings (SSSR count). The van der Waals surface area contributed by atoms with Crippen LogP contribution in [0.5, 0.6) is 0 Å². The summed E-state index contributed by atoms with van der Waals surface area (Å²) in [6.45, 7) is 6.69. The Labute approximate surface area is 91.9 Å². The van der Waals surface area contributed by atoms with E-state index < -0.39 is 0 Å². The maximum Gasteiger partial charge on any atom is 0.0537 e. The monoisotopic (exact) mass is 207 g/mol. The normalized spacial score (nSPS) is 26.8. The highest BCUT2D eigenvalue weighted by Gasteiger charge is 2.23. The van der Waals surface area contributed by atoms with Gasteiger partial charge in [0.15, 0.2) is 0 Å². The lowest BCUT2D eigenvalue weighted by molar-refractivity contribution is 0.305. The van der Waals surface area contributed by atoms with E-state index in [-0.39, 0.29) is 0 Å². The van der Waals surface area contributed by atoms with E-state index >= 15 is 0 Å². The molecule has 0 aliphatic carbocycles. The molecule has 0 radical (unpaired) electrons. The number of hydrogen-bond donors (Lipinski definition) is 1.